The van der Waals surface area contributed by atoms with Crippen LogP contribution >= 0.6 is 0 Å². The smallest absolute Gasteiger partial charge is 0.249 e. The van der Waals surface area contributed by atoms with Crippen LogP contribution in [0.4, 0.5) is 8.78 Å². The lowest BCUT2D eigenvalue weighted by Crippen LogP contribution is -2.67. The molecule has 2 amide bonds. The second-order valence-electron chi connectivity index (χ2n) is 13.2. The Bertz CT molecular complexity index is 1530. The topological polar surface area (TPSA) is 159 Å². The van der Waals surface area contributed by atoms with Crippen molar-refractivity contribution in [2.24, 2.45) is 11.7 Å². The van der Waals surface area contributed by atoms with Crippen LogP contribution in [0.3, 0.4) is 0 Å². The van der Waals surface area contributed by atoms with Gasteiger partial charge in [-0.15, -0.1) is 0 Å². The molecule has 1 fully saturated rings. The first-order valence-corrected chi connectivity index (χ1v) is 18.9. The van der Waals surface area contributed by atoms with E-state index in [1.807, 2.05) is 45.0 Å². The number of rotatable bonds is 19. The normalized spacial score (nSPS) is 17.5. The van der Waals surface area contributed by atoms with Gasteiger partial charge in [-0.2, -0.15) is 0 Å². The average Bonchev–Trinajstić information content (AvgIpc) is 3.54. The summed E-state index contributed by atoms with van der Waals surface area (Å²) in [4.78, 5) is 41.8. The van der Waals surface area contributed by atoms with Gasteiger partial charge in [0.15, 0.2) is 21.2 Å². The molecule has 0 saturated carbocycles. The van der Waals surface area contributed by atoms with E-state index in [1.54, 1.807) is 0 Å². The van der Waals surface area contributed by atoms with E-state index >= 15 is 0 Å². The highest BCUT2D eigenvalue weighted by molar-refractivity contribution is 7.92. The molecule has 1 saturated heterocycles. The Balaban J connectivity index is 1.95. The van der Waals surface area contributed by atoms with Gasteiger partial charge in [-0.25, -0.2) is 17.2 Å². The van der Waals surface area contributed by atoms with E-state index < -0.39 is 67.8 Å². The molecule has 1 heterocycles. The van der Waals surface area contributed by atoms with Gasteiger partial charge in [0.1, 0.15) is 11.6 Å². The fraction of sp³-hybridized carbons (Fsp3) is 0.583. The van der Waals surface area contributed by atoms with Crippen molar-refractivity contribution >= 4 is 27.4 Å². The molecule has 49 heavy (non-hydrogen) atoms. The molecule has 0 unspecified atom stereocenters. The summed E-state index contributed by atoms with van der Waals surface area (Å²) in [5.41, 5.74) is 6.29. The summed E-state index contributed by atoms with van der Waals surface area (Å²) in [6.07, 6.45) is 1.23. The van der Waals surface area contributed by atoms with Crippen LogP contribution in [0.2, 0.25) is 0 Å². The van der Waals surface area contributed by atoms with Crippen molar-refractivity contribution in [3.05, 3.63) is 70.8 Å². The lowest BCUT2D eigenvalue weighted by atomic mass is 9.85. The van der Waals surface area contributed by atoms with Gasteiger partial charge in [0, 0.05) is 45.1 Å². The molecule has 13 heteroatoms. The van der Waals surface area contributed by atoms with Crippen LogP contribution in [-0.4, -0.2) is 84.3 Å². The molecule has 0 radical (unpaired) electrons. The SMILES string of the molecule is CCCC(CCC)S(=O)(=O)C[C@@](N)(C(=O)N[C@@H](Cc1cc(F)cc(F)c1)[C@H](O)CNCc1cccc(CC)c1)C(=O)[C@@H]1CCN(C(C)=O)C1. The lowest BCUT2D eigenvalue weighted by molar-refractivity contribution is -0.138. The van der Waals surface area contributed by atoms with E-state index in [2.05, 4.69) is 10.6 Å². The van der Waals surface area contributed by atoms with Gasteiger partial charge < -0.3 is 26.4 Å². The fourth-order valence-corrected chi connectivity index (χ4v) is 8.82. The monoisotopic (exact) mass is 706 g/mol. The highest BCUT2D eigenvalue weighted by Crippen LogP contribution is 2.26. The van der Waals surface area contributed by atoms with Crippen LogP contribution in [0.15, 0.2) is 42.5 Å². The first-order valence-electron chi connectivity index (χ1n) is 17.2. The van der Waals surface area contributed by atoms with Gasteiger partial charge in [-0.3, -0.25) is 14.4 Å². The molecule has 10 nitrogen and oxygen atoms in total. The van der Waals surface area contributed by atoms with Crippen LogP contribution in [0, 0.1) is 17.6 Å². The summed E-state index contributed by atoms with van der Waals surface area (Å²) >= 11 is 0. The molecule has 5 N–H and O–H groups in total. The quantitative estimate of drug-likeness (QED) is 0.162. The van der Waals surface area contributed by atoms with Crippen LogP contribution in [0.5, 0.6) is 0 Å². The van der Waals surface area contributed by atoms with Crippen molar-refractivity contribution in [3.8, 4) is 0 Å². The van der Waals surface area contributed by atoms with Gasteiger partial charge in [0.05, 0.1) is 23.1 Å². The summed E-state index contributed by atoms with van der Waals surface area (Å²) < 4.78 is 56.0. The van der Waals surface area contributed by atoms with Gasteiger partial charge in [-0.05, 0) is 60.9 Å². The number of hydrogen-bond acceptors (Lipinski definition) is 8. The second kappa shape index (κ2) is 18.1. The van der Waals surface area contributed by atoms with E-state index in [1.165, 1.54) is 11.8 Å². The third-order valence-corrected chi connectivity index (χ3v) is 11.6. The van der Waals surface area contributed by atoms with E-state index in [0.29, 0.717) is 38.3 Å². The number of sulfone groups is 1. The van der Waals surface area contributed by atoms with Crippen molar-refractivity contribution in [1.82, 2.24) is 15.5 Å². The number of ketones is 1. The van der Waals surface area contributed by atoms with E-state index in [-0.39, 0.29) is 43.9 Å². The number of carbonyl (C=O) groups excluding carboxylic acids is 3. The van der Waals surface area contributed by atoms with E-state index in [0.717, 1.165) is 29.7 Å². The zero-order valence-electron chi connectivity index (χ0n) is 29.0. The molecular weight excluding hydrogens is 654 g/mol. The van der Waals surface area contributed by atoms with Crippen molar-refractivity contribution in [1.29, 1.82) is 0 Å². The average molecular weight is 707 g/mol. The fourth-order valence-electron chi connectivity index (χ4n) is 6.49. The summed E-state index contributed by atoms with van der Waals surface area (Å²) in [5.74, 6) is -5.75. The molecule has 4 atom stereocenters. The third-order valence-electron chi connectivity index (χ3n) is 9.25. The molecule has 1 aliphatic heterocycles. The summed E-state index contributed by atoms with van der Waals surface area (Å²) in [6, 6.07) is 9.47. The standard InChI is InChI=1S/C36H52F2N4O6S/c1-5-9-31(10-6-2)49(47,48)23-36(39,34(45)28-13-14-42(22-28)24(4)43)35(46)41-32(18-27-16-29(37)19-30(38)17-27)33(44)21-40-20-26-12-8-11-25(7-3)15-26/h8,11-12,15-17,19,28,31-33,40,44H,5-7,9-10,13-14,18,20-23,39H2,1-4H3,(H,41,46)/t28-,32+,33-,36+/m1/s1. The predicted octanol–water partition coefficient (Wildman–Crippen LogP) is 3.22. The maximum Gasteiger partial charge on any atom is 0.249 e. The first-order chi connectivity index (χ1) is 23.1. The van der Waals surface area contributed by atoms with Crippen molar-refractivity contribution < 1.29 is 36.7 Å². The number of Topliss-reactive ketones (excluding diaryl/α,β-unsaturated/α-hetero) is 1. The summed E-state index contributed by atoms with van der Waals surface area (Å²) in [6.45, 7) is 7.64. The summed E-state index contributed by atoms with van der Waals surface area (Å²) in [5, 5.41) is 16.3. The van der Waals surface area contributed by atoms with Crippen LogP contribution < -0.4 is 16.4 Å². The van der Waals surface area contributed by atoms with Gasteiger partial charge in [0.2, 0.25) is 11.8 Å². The van der Waals surface area contributed by atoms with Gasteiger partial charge in [-0.1, -0.05) is 57.9 Å². The Morgan fingerprint density at radius 3 is 2.22 bits per heavy atom. The minimum atomic E-state index is -4.09. The number of halogens is 2. The van der Waals surface area contributed by atoms with E-state index in [4.69, 9.17) is 5.73 Å². The van der Waals surface area contributed by atoms with Crippen LogP contribution in [-0.2, 0) is 43.6 Å². The number of aliphatic hydroxyl groups is 1. The largest absolute Gasteiger partial charge is 0.390 e. The number of likely N-dealkylation sites (tertiary alicyclic amines) is 1. The second-order valence-corrected chi connectivity index (χ2v) is 15.5. The Morgan fingerprint density at radius 1 is 1.02 bits per heavy atom. The summed E-state index contributed by atoms with van der Waals surface area (Å²) in [7, 11) is -4.09. The Labute approximate surface area is 289 Å². The van der Waals surface area contributed by atoms with Gasteiger partial charge in [0.25, 0.3) is 0 Å². The molecule has 3 rings (SSSR count). The number of nitrogens with zero attached hydrogens (tertiary/aromatic N) is 1. The number of nitrogens with one attached hydrogen (secondary N) is 2. The zero-order valence-corrected chi connectivity index (χ0v) is 29.8. The molecule has 1 aliphatic rings. The molecule has 0 bridgehead atoms. The van der Waals surface area contributed by atoms with Gasteiger partial charge >= 0.3 is 0 Å². The molecular formula is C36H52F2N4O6S. The van der Waals surface area contributed by atoms with Crippen molar-refractivity contribution in [2.75, 3.05) is 25.4 Å². The van der Waals surface area contributed by atoms with E-state index in [9.17, 15) is 36.7 Å². The van der Waals surface area contributed by atoms with Crippen LogP contribution in [0.25, 0.3) is 0 Å². The number of amides is 2. The number of carbonyl (C=O) groups is 3. The number of nitrogens with two attached hydrogens (primary N) is 1. The maximum atomic E-state index is 14.2. The first kappa shape index (κ1) is 40.2. The Morgan fingerprint density at radius 2 is 1.65 bits per heavy atom. The molecule has 0 spiro atoms. The van der Waals surface area contributed by atoms with Crippen molar-refractivity contribution in [3.63, 3.8) is 0 Å². The Hall–Kier alpha value is -3.26. The minimum absolute atomic E-state index is 0.00837. The third kappa shape index (κ3) is 11.1. The number of aryl methyl sites for hydroxylation is 1. The van der Waals surface area contributed by atoms with Crippen LogP contribution in [0.1, 0.15) is 76.5 Å². The number of benzene rings is 2. The molecule has 2 aromatic rings. The molecule has 0 aromatic heterocycles. The zero-order chi connectivity index (χ0) is 36.4. The maximum absolute atomic E-state index is 14.2. The predicted molar refractivity (Wildman–Crippen MR) is 185 cm³/mol. The van der Waals surface area contributed by atoms with Crippen molar-refractivity contribution in [2.45, 2.75) is 102 Å². The molecule has 2 aromatic carbocycles. The molecule has 0 aliphatic carbocycles. The minimum Gasteiger partial charge on any atom is -0.390 e. The molecule has 272 valence electrons. The number of hydrogen-bond donors (Lipinski definition) is 4. The lowest BCUT2D eigenvalue weighted by Gasteiger charge is -2.33. The number of aliphatic hydroxyl groups excluding tert-OH is 1. The Kier molecular flexibility index (Phi) is 14.9. The highest BCUT2D eigenvalue weighted by atomic mass is 32.2. The highest BCUT2D eigenvalue weighted by Gasteiger charge is 2.51.